The number of ether oxygens (including phenoxy) is 1. The molecule has 1 aromatic rings. The molecule has 17 heavy (non-hydrogen) atoms. The van der Waals surface area contributed by atoms with Gasteiger partial charge in [-0.1, -0.05) is 22.9 Å². The van der Waals surface area contributed by atoms with E-state index in [-0.39, 0.29) is 0 Å². The van der Waals surface area contributed by atoms with Crippen LogP contribution < -0.4 is 21.3 Å². The van der Waals surface area contributed by atoms with Gasteiger partial charge < -0.3 is 10.1 Å². The van der Waals surface area contributed by atoms with E-state index in [0.717, 1.165) is 28.9 Å². The molecule has 4 N–H and O–H groups in total. The summed E-state index contributed by atoms with van der Waals surface area (Å²) in [6, 6.07) is 5.66. The number of aliphatic imine (C=N–C) groups is 1. The summed E-state index contributed by atoms with van der Waals surface area (Å²) in [5.74, 6) is 6.68. The highest BCUT2D eigenvalue weighted by Gasteiger charge is 2.02. The van der Waals surface area contributed by atoms with Crippen LogP contribution in [0.1, 0.15) is 13.3 Å². The van der Waals surface area contributed by atoms with Crippen LogP contribution in [0.2, 0.25) is 0 Å². The van der Waals surface area contributed by atoms with Crippen LogP contribution in [-0.2, 0) is 0 Å². The number of nitrogens with zero attached hydrogens (tertiary/aromatic N) is 1. The van der Waals surface area contributed by atoms with Crippen LogP contribution in [0.4, 0.5) is 5.69 Å². The number of hydrazine groups is 1. The molecule has 0 heterocycles. The van der Waals surface area contributed by atoms with Crippen molar-refractivity contribution < 1.29 is 4.74 Å². The maximum atomic E-state index is 5.38. The van der Waals surface area contributed by atoms with Crippen molar-refractivity contribution in [3.8, 4) is 5.75 Å². The van der Waals surface area contributed by atoms with Gasteiger partial charge in [-0.05, 0) is 18.6 Å². The molecule has 0 amide bonds. The van der Waals surface area contributed by atoms with E-state index < -0.39 is 0 Å². The average Bonchev–Trinajstić information content (AvgIpc) is 2.33. The molecule has 0 bridgehead atoms. The van der Waals surface area contributed by atoms with Gasteiger partial charge in [0.25, 0.3) is 0 Å². The SMILES string of the molecule is CCCN=C(NN)Nc1cc(Br)cc(OC)c1. The summed E-state index contributed by atoms with van der Waals surface area (Å²) < 4.78 is 6.09. The monoisotopic (exact) mass is 300 g/mol. The van der Waals surface area contributed by atoms with Crippen LogP contribution in [0, 0.1) is 0 Å². The average molecular weight is 301 g/mol. The number of nitrogens with one attached hydrogen (secondary N) is 2. The van der Waals surface area contributed by atoms with E-state index in [1.54, 1.807) is 7.11 Å². The van der Waals surface area contributed by atoms with Crippen molar-refractivity contribution in [2.24, 2.45) is 10.8 Å². The molecular weight excluding hydrogens is 284 g/mol. The second-order valence-corrected chi connectivity index (χ2v) is 4.30. The lowest BCUT2D eigenvalue weighted by Gasteiger charge is -2.10. The lowest BCUT2D eigenvalue weighted by molar-refractivity contribution is 0.415. The van der Waals surface area contributed by atoms with E-state index in [2.05, 4.69) is 38.6 Å². The third-order valence-electron chi connectivity index (χ3n) is 2.00. The van der Waals surface area contributed by atoms with E-state index in [1.807, 2.05) is 18.2 Å². The minimum absolute atomic E-state index is 0.534. The summed E-state index contributed by atoms with van der Waals surface area (Å²) in [6.45, 7) is 2.78. The predicted molar refractivity (Wildman–Crippen MR) is 74.2 cm³/mol. The van der Waals surface area contributed by atoms with Gasteiger partial charge in [0, 0.05) is 22.8 Å². The molecule has 6 heteroatoms. The molecular formula is C11H17BrN4O. The molecule has 0 aliphatic rings. The van der Waals surface area contributed by atoms with Crippen LogP contribution in [-0.4, -0.2) is 19.6 Å². The van der Waals surface area contributed by atoms with Crippen LogP contribution in [0.15, 0.2) is 27.7 Å². The Bertz CT molecular complexity index is 395. The summed E-state index contributed by atoms with van der Waals surface area (Å²) >= 11 is 3.41. The molecule has 0 fully saturated rings. The number of hydrogen-bond acceptors (Lipinski definition) is 3. The summed E-state index contributed by atoms with van der Waals surface area (Å²) in [6.07, 6.45) is 0.967. The maximum Gasteiger partial charge on any atom is 0.210 e. The highest BCUT2D eigenvalue weighted by Crippen LogP contribution is 2.24. The van der Waals surface area contributed by atoms with E-state index in [9.17, 15) is 0 Å². The highest BCUT2D eigenvalue weighted by atomic mass is 79.9. The number of anilines is 1. The van der Waals surface area contributed by atoms with Gasteiger partial charge in [-0.15, -0.1) is 0 Å². The summed E-state index contributed by atoms with van der Waals surface area (Å²) in [5, 5.41) is 3.08. The van der Waals surface area contributed by atoms with Crippen molar-refractivity contribution in [2.45, 2.75) is 13.3 Å². The number of hydrogen-bond donors (Lipinski definition) is 3. The van der Waals surface area contributed by atoms with Crippen molar-refractivity contribution in [3.63, 3.8) is 0 Å². The smallest absolute Gasteiger partial charge is 0.210 e. The van der Waals surface area contributed by atoms with Gasteiger partial charge in [0.2, 0.25) is 5.96 Å². The van der Waals surface area contributed by atoms with Crippen LogP contribution in [0.3, 0.4) is 0 Å². The van der Waals surface area contributed by atoms with Crippen LogP contribution in [0.25, 0.3) is 0 Å². The molecule has 0 aliphatic heterocycles. The molecule has 0 atom stereocenters. The fourth-order valence-electron chi connectivity index (χ4n) is 1.23. The molecule has 1 aromatic carbocycles. The van der Waals surface area contributed by atoms with E-state index in [1.165, 1.54) is 0 Å². The topological polar surface area (TPSA) is 71.7 Å². The zero-order valence-corrected chi connectivity index (χ0v) is 11.5. The molecule has 5 nitrogen and oxygen atoms in total. The fraction of sp³-hybridized carbons (Fsp3) is 0.364. The lowest BCUT2D eigenvalue weighted by atomic mass is 10.3. The standard InChI is InChI=1S/C11H17BrN4O/c1-3-4-14-11(16-13)15-9-5-8(12)6-10(7-9)17-2/h5-7H,3-4,13H2,1-2H3,(H2,14,15,16). The van der Waals surface area contributed by atoms with Crippen molar-refractivity contribution in [1.29, 1.82) is 0 Å². The van der Waals surface area contributed by atoms with Gasteiger partial charge in [0.1, 0.15) is 5.75 Å². The molecule has 0 radical (unpaired) electrons. The molecule has 0 saturated carbocycles. The molecule has 0 saturated heterocycles. The third kappa shape index (κ3) is 4.62. The van der Waals surface area contributed by atoms with Gasteiger partial charge in [-0.2, -0.15) is 0 Å². The highest BCUT2D eigenvalue weighted by molar-refractivity contribution is 9.10. The lowest BCUT2D eigenvalue weighted by Crippen LogP contribution is -2.36. The van der Waals surface area contributed by atoms with Crippen molar-refractivity contribution >= 4 is 27.6 Å². The summed E-state index contributed by atoms with van der Waals surface area (Å²) in [7, 11) is 1.62. The quantitative estimate of drug-likeness (QED) is 0.345. The Hall–Kier alpha value is -1.27. The Morgan fingerprint density at radius 3 is 2.82 bits per heavy atom. The number of rotatable bonds is 4. The third-order valence-corrected chi connectivity index (χ3v) is 2.46. The Kier molecular flexibility index (Phi) is 5.79. The Morgan fingerprint density at radius 2 is 2.24 bits per heavy atom. The van der Waals surface area contributed by atoms with Gasteiger partial charge in [0.15, 0.2) is 0 Å². The number of guanidine groups is 1. The minimum Gasteiger partial charge on any atom is -0.497 e. The van der Waals surface area contributed by atoms with Gasteiger partial charge in [-0.3, -0.25) is 10.4 Å². The molecule has 0 aromatic heterocycles. The zero-order chi connectivity index (χ0) is 12.7. The Balaban J connectivity index is 2.82. The first-order valence-electron chi connectivity index (χ1n) is 5.32. The first kappa shape index (κ1) is 13.8. The summed E-state index contributed by atoms with van der Waals surface area (Å²) in [4.78, 5) is 4.25. The predicted octanol–water partition coefficient (Wildman–Crippen LogP) is 2.10. The molecule has 0 aliphatic carbocycles. The minimum atomic E-state index is 0.534. The van der Waals surface area contributed by atoms with Crippen molar-refractivity contribution in [2.75, 3.05) is 19.0 Å². The molecule has 1 rings (SSSR count). The van der Waals surface area contributed by atoms with E-state index in [4.69, 9.17) is 10.6 Å². The Labute approximate surface area is 110 Å². The number of halogens is 1. The van der Waals surface area contributed by atoms with Crippen molar-refractivity contribution in [3.05, 3.63) is 22.7 Å². The molecule has 0 unspecified atom stereocenters. The summed E-state index contributed by atoms with van der Waals surface area (Å²) in [5.41, 5.74) is 3.38. The van der Waals surface area contributed by atoms with E-state index in [0.29, 0.717) is 5.96 Å². The van der Waals surface area contributed by atoms with Gasteiger partial charge in [0.05, 0.1) is 7.11 Å². The Morgan fingerprint density at radius 1 is 1.47 bits per heavy atom. The largest absolute Gasteiger partial charge is 0.497 e. The number of nitrogens with two attached hydrogens (primary N) is 1. The van der Waals surface area contributed by atoms with Gasteiger partial charge >= 0.3 is 0 Å². The van der Waals surface area contributed by atoms with Crippen molar-refractivity contribution in [1.82, 2.24) is 5.43 Å². The van der Waals surface area contributed by atoms with Crippen LogP contribution >= 0.6 is 15.9 Å². The number of methoxy groups -OCH3 is 1. The molecule has 0 spiro atoms. The normalized spacial score (nSPS) is 11.2. The first-order valence-corrected chi connectivity index (χ1v) is 6.11. The molecule has 94 valence electrons. The van der Waals surface area contributed by atoms with E-state index >= 15 is 0 Å². The zero-order valence-electron chi connectivity index (χ0n) is 9.96. The van der Waals surface area contributed by atoms with Crippen LogP contribution in [0.5, 0.6) is 5.75 Å². The second kappa shape index (κ2) is 7.13. The maximum absolute atomic E-state index is 5.38. The fourth-order valence-corrected chi connectivity index (χ4v) is 1.71. The first-order chi connectivity index (χ1) is 8.19. The second-order valence-electron chi connectivity index (χ2n) is 3.38. The number of benzene rings is 1. The van der Waals surface area contributed by atoms with Gasteiger partial charge in [-0.25, -0.2) is 5.84 Å².